The number of nitrogens with zero attached hydrogens (tertiary/aromatic N) is 4. The van der Waals surface area contributed by atoms with Gasteiger partial charge in [-0.25, -0.2) is 17.9 Å². The predicted molar refractivity (Wildman–Crippen MR) is 130 cm³/mol. The topological polar surface area (TPSA) is 122 Å². The molecule has 2 heterocycles. The van der Waals surface area contributed by atoms with Crippen molar-refractivity contribution < 1.29 is 27.5 Å². The maximum absolute atomic E-state index is 13.9. The number of aryl methyl sites for hydroxylation is 2. The second-order valence-electron chi connectivity index (χ2n) is 8.46. The number of aromatic nitrogens is 4. The molecule has 12 heteroatoms. The van der Waals surface area contributed by atoms with Crippen molar-refractivity contribution in [3.63, 3.8) is 0 Å². The molecule has 3 aromatic rings. The first-order valence-corrected chi connectivity index (χ1v) is 13.1. The van der Waals surface area contributed by atoms with Crippen LogP contribution in [0, 0.1) is 12.3 Å². The Morgan fingerprint density at radius 3 is 2.58 bits per heavy atom. The second kappa shape index (κ2) is 9.89. The molecule has 1 aromatic carbocycles. The fourth-order valence-corrected chi connectivity index (χ4v) is 5.07. The Labute approximate surface area is 213 Å². The van der Waals surface area contributed by atoms with E-state index in [2.05, 4.69) is 16.1 Å². The van der Waals surface area contributed by atoms with Crippen LogP contribution in [0.3, 0.4) is 0 Å². The molecule has 0 amide bonds. The molecule has 0 unspecified atom stereocenters. The third-order valence-electron chi connectivity index (χ3n) is 5.62. The first-order chi connectivity index (χ1) is 17.0. The van der Waals surface area contributed by atoms with Crippen molar-refractivity contribution in [3.8, 4) is 18.2 Å². The quantitative estimate of drug-likeness (QED) is 0.179. The Morgan fingerprint density at radius 1 is 1.28 bits per heavy atom. The van der Waals surface area contributed by atoms with E-state index in [1.165, 1.54) is 33.9 Å². The normalized spacial score (nSPS) is 13.4. The average molecular weight is 531 g/mol. The van der Waals surface area contributed by atoms with Crippen molar-refractivity contribution in [2.24, 2.45) is 14.1 Å². The lowest BCUT2D eigenvalue weighted by Gasteiger charge is -2.14. The van der Waals surface area contributed by atoms with Crippen LogP contribution in [-0.2, 0) is 35.3 Å². The van der Waals surface area contributed by atoms with Gasteiger partial charge < -0.3 is 9.47 Å². The molecule has 1 aliphatic rings. The van der Waals surface area contributed by atoms with Crippen LogP contribution in [-0.4, -0.2) is 52.6 Å². The predicted octanol–water partition coefficient (Wildman–Crippen LogP) is 2.69. The van der Waals surface area contributed by atoms with Crippen LogP contribution in [0.2, 0.25) is 5.02 Å². The highest BCUT2D eigenvalue weighted by Gasteiger charge is 2.37. The van der Waals surface area contributed by atoms with Crippen LogP contribution in [0.5, 0.6) is 5.88 Å². The molecule has 1 fully saturated rings. The maximum Gasteiger partial charge on any atom is 0.348 e. The SMILES string of the molecule is C#CCOCc1c(S(C)(=O)=O)ccc(C(=O)c2c(C3CC3)nn(C)c2OC(=O)c2cnn(C)c2)c1Cl. The Kier molecular flexibility index (Phi) is 7.04. The van der Waals surface area contributed by atoms with Crippen LogP contribution in [0.4, 0.5) is 0 Å². The number of ether oxygens (including phenoxy) is 2. The number of benzene rings is 1. The summed E-state index contributed by atoms with van der Waals surface area (Å²) in [6.45, 7) is -0.279. The minimum Gasteiger partial charge on any atom is -0.403 e. The van der Waals surface area contributed by atoms with Crippen LogP contribution in [0.15, 0.2) is 29.4 Å². The van der Waals surface area contributed by atoms with E-state index in [-0.39, 0.29) is 57.2 Å². The number of hydrogen-bond acceptors (Lipinski definition) is 8. The van der Waals surface area contributed by atoms with Gasteiger partial charge in [0.2, 0.25) is 11.7 Å². The van der Waals surface area contributed by atoms with Gasteiger partial charge in [-0.1, -0.05) is 17.5 Å². The lowest BCUT2D eigenvalue weighted by atomic mass is 9.99. The second-order valence-corrected chi connectivity index (χ2v) is 10.8. The molecule has 4 rings (SSSR count). The molecular formula is C24H23ClN4O6S. The van der Waals surface area contributed by atoms with E-state index in [0.29, 0.717) is 5.69 Å². The highest BCUT2D eigenvalue weighted by molar-refractivity contribution is 7.90. The fourth-order valence-electron chi connectivity index (χ4n) is 3.78. The average Bonchev–Trinajstić information content (AvgIpc) is 3.49. The molecule has 0 radical (unpaired) electrons. The molecule has 0 saturated heterocycles. The Balaban J connectivity index is 1.80. The van der Waals surface area contributed by atoms with Gasteiger partial charge in [0.15, 0.2) is 9.84 Å². The zero-order valence-corrected chi connectivity index (χ0v) is 21.4. The number of halogens is 1. The van der Waals surface area contributed by atoms with E-state index in [0.717, 1.165) is 19.1 Å². The van der Waals surface area contributed by atoms with Gasteiger partial charge in [-0.3, -0.25) is 9.48 Å². The molecule has 0 bridgehead atoms. The molecule has 0 N–H and O–H groups in total. The molecule has 0 spiro atoms. The van der Waals surface area contributed by atoms with Gasteiger partial charge in [0, 0.05) is 43.6 Å². The fraction of sp³-hybridized carbons (Fsp3) is 0.333. The summed E-state index contributed by atoms with van der Waals surface area (Å²) in [6, 6.07) is 2.64. The van der Waals surface area contributed by atoms with Crippen molar-refractivity contribution in [2.75, 3.05) is 12.9 Å². The van der Waals surface area contributed by atoms with Crippen molar-refractivity contribution in [2.45, 2.75) is 30.3 Å². The van der Waals surface area contributed by atoms with Gasteiger partial charge in [0.1, 0.15) is 12.2 Å². The van der Waals surface area contributed by atoms with Gasteiger partial charge in [-0.15, -0.1) is 6.42 Å². The molecule has 0 aliphatic heterocycles. The summed E-state index contributed by atoms with van der Waals surface area (Å²) in [7, 11) is -0.449. The molecule has 36 heavy (non-hydrogen) atoms. The maximum atomic E-state index is 13.9. The molecule has 1 saturated carbocycles. The van der Waals surface area contributed by atoms with E-state index in [1.54, 1.807) is 14.1 Å². The number of carbonyl (C=O) groups is 2. The Bertz CT molecular complexity index is 1510. The molecule has 1 aliphatic carbocycles. The van der Waals surface area contributed by atoms with E-state index < -0.39 is 21.6 Å². The monoisotopic (exact) mass is 530 g/mol. The number of hydrogen-bond donors (Lipinski definition) is 0. The number of rotatable bonds is 9. The van der Waals surface area contributed by atoms with Gasteiger partial charge in [0.25, 0.3) is 0 Å². The standard InChI is InChI=1S/C24H23ClN4O6S/c1-5-10-34-13-17-18(36(4,32)33)9-8-16(20(17)25)22(30)19-21(14-6-7-14)27-29(3)23(19)35-24(31)15-11-26-28(2)12-15/h1,8-9,11-12,14H,6-7,10,13H2,2-4H3. The van der Waals surface area contributed by atoms with Crippen LogP contribution < -0.4 is 4.74 Å². The number of terminal acetylenes is 1. The Morgan fingerprint density at radius 2 is 2.00 bits per heavy atom. The van der Waals surface area contributed by atoms with E-state index in [4.69, 9.17) is 27.5 Å². The van der Waals surface area contributed by atoms with Crippen molar-refractivity contribution in [3.05, 3.63) is 57.5 Å². The minimum absolute atomic E-state index is 0.0250. The summed E-state index contributed by atoms with van der Waals surface area (Å²) in [4.78, 5) is 26.5. The van der Waals surface area contributed by atoms with Gasteiger partial charge in [0.05, 0.1) is 34.0 Å². The molecule has 10 nitrogen and oxygen atoms in total. The molecule has 0 atom stereocenters. The van der Waals surface area contributed by atoms with E-state index in [9.17, 15) is 18.0 Å². The van der Waals surface area contributed by atoms with Crippen LogP contribution in [0.1, 0.15) is 56.3 Å². The summed E-state index contributed by atoms with van der Waals surface area (Å²) >= 11 is 6.59. The largest absolute Gasteiger partial charge is 0.403 e. The highest BCUT2D eigenvalue weighted by Crippen LogP contribution is 2.44. The number of esters is 1. The zero-order chi connectivity index (χ0) is 26.2. The number of sulfone groups is 1. The first kappa shape index (κ1) is 25.6. The number of ketones is 1. The molecule has 2 aromatic heterocycles. The smallest absolute Gasteiger partial charge is 0.348 e. The summed E-state index contributed by atoms with van der Waals surface area (Å²) in [6.07, 6.45) is 10.8. The molecular weight excluding hydrogens is 508 g/mol. The third kappa shape index (κ3) is 5.06. The lowest BCUT2D eigenvalue weighted by molar-refractivity contribution is 0.0718. The summed E-state index contributed by atoms with van der Waals surface area (Å²) < 4.78 is 38.4. The summed E-state index contributed by atoms with van der Waals surface area (Å²) in [5.74, 6) is 1.04. The number of carbonyl (C=O) groups excluding carboxylic acids is 2. The van der Waals surface area contributed by atoms with Gasteiger partial charge in [-0.2, -0.15) is 10.2 Å². The van der Waals surface area contributed by atoms with Gasteiger partial charge in [-0.05, 0) is 25.0 Å². The van der Waals surface area contributed by atoms with Crippen molar-refractivity contribution in [1.82, 2.24) is 19.6 Å². The van der Waals surface area contributed by atoms with Crippen molar-refractivity contribution in [1.29, 1.82) is 0 Å². The minimum atomic E-state index is -3.68. The first-order valence-electron chi connectivity index (χ1n) is 10.9. The van der Waals surface area contributed by atoms with E-state index >= 15 is 0 Å². The van der Waals surface area contributed by atoms with Crippen LogP contribution >= 0.6 is 11.6 Å². The van der Waals surface area contributed by atoms with Gasteiger partial charge >= 0.3 is 5.97 Å². The van der Waals surface area contributed by atoms with E-state index in [1.807, 2.05) is 0 Å². The summed E-state index contributed by atoms with van der Waals surface area (Å²) in [5.41, 5.74) is 0.933. The lowest BCUT2D eigenvalue weighted by Crippen LogP contribution is -2.15. The highest BCUT2D eigenvalue weighted by atomic mass is 35.5. The third-order valence-corrected chi connectivity index (χ3v) is 7.23. The van der Waals surface area contributed by atoms with Crippen LogP contribution in [0.25, 0.3) is 0 Å². The summed E-state index contributed by atoms with van der Waals surface area (Å²) in [5, 5.41) is 8.33. The zero-order valence-electron chi connectivity index (χ0n) is 19.8. The molecule has 188 valence electrons. The Hall–Kier alpha value is -3.46. The van der Waals surface area contributed by atoms with Crippen molar-refractivity contribution >= 4 is 33.2 Å².